The van der Waals surface area contributed by atoms with Gasteiger partial charge >= 0.3 is 0 Å². The molecule has 0 unspecified atom stereocenters. The summed E-state index contributed by atoms with van der Waals surface area (Å²) in [6, 6.07) is 10.9. The van der Waals surface area contributed by atoms with Crippen molar-refractivity contribution in [1.82, 2.24) is 9.78 Å². The highest BCUT2D eigenvalue weighted by Crippen LogP contribution is 2.31. The van der Waals surface area contributed by atoms with E-state index in [4.69, 9.17) is 19.9 Å². The van der Waals surface area contributed by atoms with Crippen molar-refractivity contribution in [3.05, 3.63) is 48.2 Å². The lowest BCUT2D eigenvalue weighted by molar-refractivity contribution is 0.0877. The third-order valence-electron chi connectivity index (χ3n) is 3.96. The first-order valence-corrected chi connectivity index (χ1v) is 7.98. The van der Waals surface area contributed by atoms with Gasteiger partial charge in [0.15, 0.2) is 11.5 Å². The zero-order valence-corrected chi connectivity index (χ0v) is 13.5. The van der Waals surface area contributed by atoms with Crippen LogP contribution in [0.15, 0.2) is 42.6 Å². The molecule has 0 saturated heterocycles. The van der Waals surface area contributed by atoms with Crippen molar-refractivity contribution < 1.29 is 19.0 Å². The number of ether oxygens (including phenoxy) is 3. The van der Waals surface area contributed by atoms with Crippen molar-refractivity contribution in [3.63, 3.8) is 0 Å². The second-order valence-corrected chi connectivity index (χ2v) is 5.62. The fourth-order valence-electron chi connectivity index (χ4n) is 2.77. The number of hydrogen-bond donors (Lipinski definition) is 1. The molecular formula is C18H17N3O4. The van der Waals surface area contributed by atoms with Gasteiger partial charge in [0, 0.05) is 17.6 Å². The van der Waals surface area contributed by atoms with E-state index in [-0.39, 0.29) is 0 Å². The number of nitrogens with two attached hydrogens (primary N) is 1. The Labute approximate surface area is 143 Å². The first kappa shape index (κ1) is 15.5. The second-order valence-electron chi connectivity index (χ2n) is 5.62. The van der Waals surface area contributed by atoms with Crippen LogP contribution in [0, 0.1) is 0 Å². The summed E-state index contributed by atoms with van der Waals surface area (Å²) in [5.41, 5.74) is 7.20. The lowest BCUT2D eigenvalue weighted by atomic mass is 10.1. The Balaban J connectivity index is 1.76. The standard InChI is InChI=1S/C18H17N3O4/c19-18(22)14-3-1-2-12-11-21(20-17(12)14)13-4-5-15-16(10-13)25-9-7-23-6-8-24-15/h1-5,10-11H,6-9H2,(H2,19,22). The number of fused-ring (bicyclic) bond motifs is 2. The van der Waals surface area contributed by atoms with Crippen LogP contribution < -0.4 is 15.2 Å². The number of hydrogen-bond acceptors (Lipinski definition) is 5. The van der Waals surface area contributed by atoms with Gasteiger partial charge in [0.2, 0.25) is 0 Å². The molecule has 7 nitrogen and oxygen atoms in total. The topological polar surface area (TPSA) is 88.6 Å². The molecule has 7 heteroatoms. The van der Waals surface area contributed by atoms with Gasteiger partial charge in [0.25, 0.3) is 5.91 Å². The smallest absolute Gasteiger partial charge is 0.250 e. The highest BCUT2D eigenvalue weighted by molar-refractivity contribution is 6.04. The zero-order valence-electron chi connectivity index (χ0n) is 13.5. The zero-order chi connectivity index (χ0) is 17.2. The normalized spacial score (nSPS) is 14.6. The van der Waals surface area contributed by atoms with Crippen molar-refractivity contribution in [1.29, 1.82) is 0 Å². The predicted octanol–water partition coefficient (Wildman–Crippen LogP) is 1.91. The summed E-state index contributed by atoms with van der Waals surface area (Å²) < 4.78 is 18.5. The number of carbonyl (C=O) groups is 1. The highest BCUT2D eigenvalue weighted by Gasteiger charge is 2.13. The quantitative estimate of drug-likeness (QED) is 0.770. The molecule has 1 aliphatic rings. The Bertz CT molecular complexity index is 935. The van der Waals surface area contributed by atoms with E-state index in [1.807, 2.05) is 30.5 Å². The molecule has 0 radical (unpaired) electrons. The van der Waals surface area contributed by atoms with Crippen molar-refractivity contribution in [3.8, 4) is 17.2 Å². The van der Waals surface area contributed by atoms with Crippen LogP contribution in [0.5, 0.6) is 11.5 Å². The summed E-state index contributed by atoms with van der Waals surface area (Å²) in [6.45, 7) is 1.97. The van der Waals surface area contributed by atoms with Gasteiger partial charge in [-0.3, -0.25) is 4.79 Å². The number of rotatable bonds is 2. The summed E-state index contributed by atoms with van der Waals surface area (Å²) in [5.74, 6) is 0.809. The molecular weight excluding hydrogens is 322 g/mol. The second kappa shape index (κ2) is 6.45. The summed E-state index contributed by atoms with van der Waals surface area (Å²) >= 11 is 0. The molecule has 3 aromatic rings. The van der Waals surface area contributed by atoms with Gasteiger partial charge < -0.3 is 19.9 Å². The van der Waals surface area contributed by atoms with Gasteiger partial charge in [-0.25, -0.2) is 4.68 Å². The fraction of sp³-hybridized carbons (Fsp3) is 0.222. The maximum Gasteiger partial charge on any atom is 0.250 e. The third-order valence-corrected chi connectivity index (χ3v) is 3.96. The molecule has 0 atom stereocenters. The molecule has 0 spiro atoms. The average molecular weight is 339 g/mol. The van der Waals surface area contributed by atoms with Crippen LogP contribution in [0.2, 0.25) is 0 Å². The van der Waals surface area contributed by atoms with Crippen LogP contribution in [0.3, 0.4) is 0 Å². The van der Waals surface area contributed by atoms with Crippen molar-refractivity contribution >= 4 is 16.8 Å². The molecule has 0 bridgehead atoms. The molecule has 1 aromatic heterocycles. The lowest BCUT2D eigenvalue weighted by Crippen LogP contribution is -2.11. The molecule has 1 amide bonds. The van der Waals surface area contributed by atoms with Crippen LogP contribution in [0.25, 0.3) is 16.6 Å². The first-order chi connectivity index (χ1) is 12.2. The monoisotopic (exact) mass is 339 g/mol. The number of benzene rings is 2. The van der Waals surface area contributed by atoms with Gasteiger partial charge in [0.1, 0.15) is 18.7 Å². The Kier molecular flexibility index (Phi) is 3.99. The van der Waals surface area contributed by atoms with E-state index < -0.39 is 5.91 Å². The lowest BCUT2D eigenvalue weighted by Gasteiger charge is -2.11. The number of aromatic nitrogens is 2. The van der Waals surface area contributed by atoms with Crippen molar-refractivity contribution in [2.45, 2.75) is 0 Å². The molecule has 4 rings (SSSR count). The van der Waals surface area contributed by atoms with Gasteiger partial charge in [-0.1, -0.05) is 12.1 Å². The Hall–Kier alpha value is -3.06. The van der Waals surface area contributed by atoms with Crippen molar-refractivity contribution in [2.75, 3.05) is 26.4 Å². The van der Waals surface area contributed by atoms with Gasteiger partial charge in [0.05, 0.1) is 24.5 Å². The van der Waals surface area contributed by atoms with Gasteiger partial charge in [-0.2, -0.15) is 5.10 Å². The number of amides is 1. The molecule has 25 heavy (non-hydrogen) atoms. The summed E-state index contributed by atoms with van der Waals surface area (Å²) in [4.78, 5) is 11.6. The highest BCUT2D eigenvalue weighted by atomic mass is 16.6. The number of primary amides is 1. The SMILES string of the molecule is NC(=O)c1cccc2cn(-c3ccc4c(c3)OCCOCCO4)nc12. The molecule has 128 valence electrons. The van der Waals surface area contributed by atoms with Gasteiger partial charge in [-0.15, -0.1) is 0 Å². The molecule has 2 heterocycles. The molecule has 0 saturated carbocycles. The molecule has 2 N–H and O–H groups in total. The Morgan fingerprint density at radius 3 is 2.64 bits per heavy atom. The number of nitrogens with zero attached hydrogens (tertiary/aromatic N) is 2. The Morgan fingerprint density at radius 2 is 1.84 bits per heavy atom. The third kappa shape index (κ3) is 3.01. The van der Waals surface area contributed by atoms with Crippen LogP contribution in [0.4, 0.5) is 0 Å². The van der Waals surface area contributed by atoms with E-state index in [0.29, 0.717) is 49.0 Å². The fourth-order valence-corrected chi connectivity index (χ4v) is 2.77. The maximum atomic E-state index is 11.6. The van der Waals surface area contributed by atoms with Crippen LogP contribution in [-0.2, 0) is 4.74 Å². The largest absolute Gasteiger partial charge is 0.487 e. The van der Waals surface area contributed by atoms with Crippen LogP contribution in [-0.4, -0.2) is 42.1 Å². The molecule has 1 aliphatic heterocycles. The number of carbonyl (C=O) groups excluding carboxylic acids is 1. The summed E-state index contributed by atoms with van der Waals surface area (Å²) in [5, 5.41) is 5.35. The average Bonchev–Trinajstić information content (AvgIpc) is 3.08. The first-order valence-electron chi connectivity index (χ1n) is 7.98. The van der Waals surface area contributed by atoms with E-state index in [1.165, 1.54) is 0 Å². The summed E-state index contributed by atoms with van der Waals surface area (Å²) in [6.07, 6.45) is 1.85. The molecule has 2 aromatic carbocycles. The van der Waals surface area contributed by atoms with Gasteiger partial charge in [-0.05, 0) is 18.2 Å². The van der Waals surface area contributed by atoms with E-state index >= 15 is 0 Å². The predicted molar refractivity (Wildman–Crippen MR) is 91.4 cm³/mol. The van der Waals surface area contributed by atoms with Crippen molar-refractivity contribution in [2.24, 2.45) is 5.73 Å². The molecule has 0 aliphatic carbocycles. The summed E-state index contributed by atoms with van der Waals surface area (Å²) in [7, 11) is 0. The minimum absolute atomic E-state index is 0.399. The maximum absolute atomic E-state index is 11.6. The van der Waals surface area contributed by atoms with E-state index in [0.717, 1.165) is 11.1 Å². The minimum Gasteiger partial charge on any atom is -0.487 e. The van der Waals surface area contributed by atoms with Crippen LogP contribution in [0.1, 0.15) is 10.4 Å². The minimum atomic E-state index is -0.498. The van der Waals surface area contributed by atoms with Crippen LogP contribution >= 0.6 is 0 Å². The van der Waals surface area contributed by atoms with E-state index in [2.05, 4.69) is 5.10 Å². The van der Waals surface area contributed by atoms with E-state index in [9.17, 15) is 4.79 Å². The molecule has 0 fully saturated rings. The van der Waals surface area contributed by atoms with E-state index in [1.54, 1.807) is 16.8 Å². The Morgan fingerprint density at radius 1 is 1.04 bits per heavy atom.